The molecule has 2 aliphatic heterocycles. The molecule has 5 heterocycles. The maximum absolute atomic E-state index is 12.7. The van der Waals surface area contributed by atoms with Crippen LogP contribution in [-0.2, 0) is 11.3 Å². The SMILES string of the molecule is CC(=O)c1c([C@H]2C[C@H]3CC[C@@H](C2)N3C(=O)CO)nc2c(-c3cnn(CC(C)(C)O)c3)cnn2c1N. The second kappa shape index (κ2) is 8.42. The van der Waals surface area contributed by atoms with Crippen molar-refractivity contribution in [1.82, 2.24) is 29.3 Å². The highest BCUT2D eigenvalue weighted by Crippen LogP contribution is 2.44. The lowest BCUT2D eigenvalue weighted by Gasteiger charge is -2.39. The molecule has 11 nitrogen and oxygen atoms in total. The van der Waals surface area contributed by atoms with Crippen molar-refractivity contribution < 1.29 is 19.8 Å². The van der Waals surface area contributed by atoms with Crippen LogP contribution in [-0.4, -0.2) is 75.5 Å². The number of carbonyl (C=O) groups is 2. The highest BCUT2D eigenvalue weighted by atomic mass is 16.3. The van der Waals surface area contributed by atoms with Crippen molar-refractivity contribution in [3.8, 4) is 11.1 Å². The largest absolute Gasteiger partial charge is 0.389 e. The van der Waals surface area contributed by atoms with Crippen LogP contribution in [0.2, 0.25) is 0 Å². The van der Waals surface area contributed by atoms with Gasteiger partial charge in [0.05, 0.1) is 35.8 Å². The van der Waals surface area contributed by atoms with Gasteiger partial charge in [-0.2, -0.15) is 14.7 Å². The van der Waals surface area contributed by atoms with E-state index in [4.69, 9.17) is 10.7 Å². The predicted octanol–water partition coefficient (Wildman–Crippen LogP) is 1.38. The van der Waals surface area contributed by atoms with Crippen molar-refractivity contribution in [2.75, 3.05) is 12.3 Å². The van der Waals surface area contributed by atoms with Gasteiger partial charge in [0, 0.05) is 35.3 Å². The van der Waals surface area contributed by atoms with Crippen LogP contribution in [0.4, 0.5) is 5.82 Å². The van der Waals surface area contributed by atoms with Gasteiger partial charge in [-0.05, 0) is 46.5 Å². The number of aromatic nitrogens is 5. The quantitative estimate of drug-likeness (QED) is 0.447. The van der Waals surface area contributed by atoms with Crippen molar-refractivity contribution >= 4 is 23.2 Å². The van der Waals surface area contributed by atoms with Gasteiger partial charge in [0.15, 0.2) is 11.4 Å². The third-order valence-electron chi connectivity index (χ3n) is 7.10. The molecule has 2 saturated heterocycles. The van der Waals surface area contributed by atoms with Crippen LogP contribution in [0, 0.1) is 0 Å². The first kappa shape index (κ1) is 23.4. The van der Waals surface area contributed by atoms with E-state index >= 15 is 0 Å². The highest BCUT2D eigenvalue weighted by Gasteiger charge is 2.44. The van der Waals surface area contributed by atoms with E-state index in [0.29, 0.717) is 36.3 Å². The van der Waals surface area contributed by atoms with E-state index in [-0.39, 0.29) is 35.5 Å². The van der Waals surface area contributed by atoms with E-state index < -0.39 is 12.2 Å². The van der Waals surface area contributed by atoms with E-state index in [9.17, 15) is 19.8 Å². The summed E-state index contributed by atoms with van der Waals surface area (Å²) >= 11 is 0. The number of hydrogen-bond acceptors (Lipinski definition) is 8. The Balaban J connectivity index is 1.57. The Bertz CT molecular complexity index is 1290. The zero-order chi connectivity index (χ0) is 25.1. The second-order valence-corrected chi connectivity index (χ2v) is 10.4. The fourth-order valence-electron chi connectivity index (χ4n) is 5.77. The van der Waals surface area contributed by atoms with Crippen LogP contribution in [0.3, 0.4) is 0 Å². The van der Waals surface area contributed by atoms with Crippen molar-refractivity contribution in [2.24, 2.45) is 0 Å². The van der Waals surface area contributed by atoms with Gasteiger partial charge in [-0.15, -0.1) is 0 Å². The van der Waals surface area contributed by atoms with Gasteiger partial charge in [0.2, 0.25) is 5.91 Å². The maximum atomic E-state index is 12.7. The van der Waals surface area contributed by atoms with Crippen LogP contribution in [0.1, 0.15) is 68.4 Å². The smallest absolute Gasteiger partial charge is 0.248 e. The molecule has 0 aliphatic carbocycles. The average Bonchev–Trinajstić information content (AvgIpc) is 3.47. The number of nitrogens with zero attached hydrogens (tertiary/aromatic N) is 6. The first-order valence-corrected chi connectivity index (χ1v) is 11.9. The second-order valence-electron chi connectivity index (χ2n) is 10.4. The summed E-state index contributed by atoms with van der Waals surface area (Å²) in [5.41, 5.74) is 8.61. The molecule has 0 spiro atoms. The van der Waals surface area contributed by atoms with Crippen LogP contribution in [0.15, 0.2) is 18.6 Å². The summed E-state index contributed by atoms with van der Waals surface area (Å²) < 4.78 is 3.15. The molecule has 0 aromatic carbocycles. The topological polar surface area (TPSA) is 152 Å². The normalized spacial score (nSPS) is 22.2. The van der Waals surface area contributed by atoms with E-state index in [1.807, 2.05) is 11.1 Å². The number of rotatable bonds is 6. The standard InChI is InChI=1S/C24H31N7O4/c1-13(33)20-21(14-6-16-4-5-17(7-14)30(16)19(34)11-32)28-23-18(9-27-31(23)22(20)25)15-8-26-29(10-15)12-24(2,3)35/h8-10,14,16-17,32,35H,4-7,11-12,25H2,1-3H3/t14-,16+,17-. The Labute approximate surface area is 202 Å². The Morgan fingerprint density at radius 1 is 1.17 bits per heavy atom. The van der Waals surface area contributed by atoms with Crippen molar-refractivity contribution in [1.29, 1.82) is 0 Å². The van der Waals surface area contributed by atoms with Gasteiger partial charge in [0.25, 0.3) is 0 Å². The van der Waals surface area contributed by atoms with Crippen molar-refractivity contribution in [3.05, 3.63) is 29.8 Å². The number of fused-ring (bicyclic) bond motifs is 3. The van der Waals surface area contributed by atoms with Gasteiger partial charge in [-0.1, -0.05) is 0 Å². The molecule has 186 valence electrons. The molecule has 3 aromatic heterocycles. The van der Waals surface area contributed by atoms with Gasteiger partial charge >= 0.3 is 0 Å². The van der Waals surface area contributed by atoms with Gasteiger partial charge in [0.1, 0.15) is 12.4 Å². The molecule has 2 fully saturated rings. The predicted molar refractivity (Wildman–Crippen MR) is 128 cm³/mol. The van der Waals surface area contributed by atoms with Crippen LogP contribution in [0.25, 0.3) is 16.8 Å². The third kappa shape index (κ3) is 4.08. The van der Waals surface area contributed by atoms with Gasteiger partial charge < -0.3 is 20.8 Å². The molecule has 3 atom stereocenters. The molecule has 35 heavy (non-hydrogen) atoms. The summed E-state index contributed by atoms with van der Waals surface area (Å²) in [4.78, 5) is 31.7. The summed E-state index contributed by atoms with van der Waals surface area (Å²) in [7, 11) is 0. The molecule has 1 amide bonds. The van der Waals surface area contributed by atoms with Gasteiger partial charge in [-0.3, -0.25) is 14.3 Å². The molecule has 0 saturated carbocycles. The molecule has 3 aromatic rings. The maximum Gasteiger partial charge on any atom is 0.248 e. The molecule has 0 radical (unpaired) electrons. The molecule has 4 N–H and O–H groups in total. The first-order valence-electron chi connectivity index (χ1n) is 11.9. The van der Waals surface area contributed by atoms with Gasteiger partial charge in [-0.25, -0.2) is 4.98 Å². The molecule has 0 unspecified atom stereocenters. The number of hydrogen-bond donors (Lipinski definition) is 3. The molecule has 5 rings (SSSR count). The minimum Gasteiger partial charge on any atom is -0.389 e. The third-order valence-corrected chi connectivity index (χ3v) is 7.10. The molecular formula is C24H31N7O4. The minimum atomic E-state index is -0.914. The van der Waals surface area contributed by atoms with Crippen molar-refractivity contribution in [3.63, 3.8) is 0 Å². The number of piperidine rings is 1. The zero-order valence-electron chi connectivity index (χ0n) is 20.2. The fraction of sp³-hybridized carbons (Fsp3) is 0.542. The first-order chi connectivity index (χ1) is 16.6. The molecule has 2 bridgehead atoms. The highest BCUT2D eigenvalue weighted by molar-refractivity contribution is 6.00. The molecule has 2 aliphatic rings. The lowest BCUT2D eigenvalue weighted by Crippen LogP contribution is -2.47. The summed E-state index contributed by atoms with van der Waals surface area (Å²) in [5, 5.41) is 28.3. The fourth-order valence-corrected chi connectivity index (χ4v) is 5.77. The molecular weight excluding hydrogens is 450 g/mol. The number of Topliss-reactive ketones (excluding diaryl/α,β-unsaturated/α-hetero) is 1. The van der Waals surface area contributed by atoms with E-state index in [2.05, 4.69) is 10.2 Å². The van der Waals surface area contributed by atoms with E-state index in [1.54, 1.807) is 30.9 Å². The monoisotopic (exact) mass is 481 g/mol. The number of ketones is 1. The minimum absolute atomic E-state index is 0.0157. The Morgan fingerprint density at radius 3 is 2.46 bits per heavy atom. The number of anilines is 1. The Hall–Kier alpha value is -3.31. The Morgan fingerprint density at radius 2 is 1.86 bits per heavy atom. The van der Waals surface area contributed by atoms with E-state index in [1.165, 1.54) is 11.4 Å². The Kier molecular flexibility index (Phi) is 5.64. The number of amides is 1. The summed E-state index contributed by atoms with van der Waals surface area (Å²) in [5.74, 6) is -0.217. The summed E-state index contributed by atoms with van der Waals surface area (Å²) in [6.07, 6.45) is 8.25. The average molecular weight is 482 g/mol. The lowest BCUT2D eigenvalue weighted by molar-refractivity contribution is -0.138. The lowest BCUT2D eigenvalue weighted by atomic mass is 9.85. The number of nitrogen functional groups attached to an aromatic ring is 1. The van der Waals surface area contributed by atoms with Crippen LogP contribution >= 0.6 is 0 Å². The summed E-state index contributed by atoms with van der Waals surface area (Å²) in [6.45, 7) is 4.75. The number of aliphatic hydroxyl groups is 2. The molecule has 11 heteroatoms. The number of carbonyl (C=O) groups excluding carboxylic acids is 2. The number of nitrogens with two attached hydrogens (primary N) is 1. The van der Waals surface area contributed by atoms with Crippen molar-refractivity contribution in [2.45, 2.75) is 76.6 Å². The van der Waals surface area contributed by atoms with E-state index in [0.717, 1.165) is 24.0 Å². The van der Waals surface area contributed by atoms with Crippen LogP contribution < -0.4 is 5.73 Å². The summed E-state index contributed by atoms with van der Waals surface area (Å²) in [6, 6.07) is 0.0313. The number of aliphatic hydroxyl groups excluding tert-OH is 1. The zero-order valence-corrected chi connectivity index (χ0v) is 20.2. The van der Waals surface area contributed by atoms with Crippen LogP contribution in [0.5, 0.6) is 0 Å².